The van der Waals surface area contributed by atoms with Gasteiger partial charge < -0.3 is 5.32 Å². The van der Waals surface area contributed by atoms with Crippen LogP contribution in [-0.2, 0) is 5.75 Å². The molecule has 0 saturated heterocycles. The van der Waals surface area contributed by atoms with Gasteiger partial charge in [0.25, 0.3) is 0 Å². The third-order valence-corrected chi connectivity index (χ3v) is 5.00. The molecule has 0 atom stereocenters. The van der Waals surface area contributed by atoms with Gasteiger partial charge >= 0.3 is 0 Å². The first-order valence-corrected chi connectivity index (χ1v) is 8.82. The van der Waals surface area contributed by atoms with Crippen LogP contribution in [0.3, 0.4) is 0 Å². The summed E-state index contributed by atoms with van der Waals surface area (Å²) in [5.41, 5.74) is 0.959. The Bertz CT molecular complexity index is 605. The maximum atomic E-state index is 4.56. The van der Waals surface area contributed by atoms with Crippen LogP contribution in [0, 0.1) is 6.92 Å². The molecule has 1 heterocycles. The Morgan fingerprint density at radius 1 is 1.25 bits per heavy atom. The largest absolute Gasteiger partial charge is 0.369 e. The van der Waals surface area contributed by atoms with Crippen molar-refractivity contribution in [2.45, 2.75) is 24.5 Å². The average Bonchev–Trinajstić information content (AvgIpc) is 2.42. The molecule has 1 N–H and O–H groups in total. The number of aryl methyl sites for hydroxylation is 1. The number of nitrogens with one attached hydrogen (secondary N) is 1. The lowest BCUT2D eigenvalue weighted by atomic mass is 10.4. The van der Waals surface area contributed by atoms with E-state index in [0.717, 1.165) is 38.6 Å². The van der Waals surface area contributed by atoms with Crippen LogP contribution in [0.15, 0.2) is 38.1 Å². The van der Waals surface area contributed by atoms with E-state index in [4.69, 9.17) is 0 Å². The lowest BCUT2D eigenvalue weighted by Crippen LogP contribution is -2.05. The zero-order valence-electron chi connectivity index (χ0n) is 11.3. The zero-order chi connectivity index (χ0) is 14.5. The molecule has 0 aliphatic heterocycles. The molecule has 0 saturated carbocycles. The number of nitrogens with zero attached hydrogens (tertiary/aromatic N) is 2. The van der Waals surface area contributed by atoms with Gasteiger partial charge in [0.15, 0.2) is 0 Å². The van der Waals surface area contributed by atoms with E-state index in [0.29, 0.717) is 0 Å². The van der Waals surface area contributed by atoms with Crippen molar-refractivity contribution in [1.29, 1.82) is 0 Å². The van der Waals surface area contributed by atoms with E-state index >= 15 is 0 Å². The summed E-state index contributed by atoms with van der Waals surface area (Å²) in [7, 11) is 0. The maximum absolute atomic E-state index is 4.56. The molecule has 0 aliphatic carbocycles. The highest BCUT2D eigenvalue weighted by Gasteiger charge is 2.09. The van der Waals surface area contributed by atoms with Crippen LogP contribution >= 0.6 is 43.6 Å². The summed E-state index contributed by atoms with van der Waals surface area (Å²) >= 11 is 8.73. The highest BCUT2D eigenvalue weighted by molar-refractivity contribution is 9.11. The number of rotatable bonds is 5. The molecule has 1 aromatic heterocycles. The Labute approximate surface area is 140 Å². The van der Waals surface area contributed by atoms with Gasteiger partial charge in [-0.3, -0.25) is 0 Å². The summed E-state index contributed by atoms with van der Waals surface area (Å²) in [6.45, 7) is 4.88. The predicted octanol–water partition coefficient (Wildman–Crippen LogP) is 5.03. The minimum absolute atomic E-state index is 0.753. The molecule has 2 rings (SSSR count). The standard InChI is InChI=1S/C14H15Br2N3S/c1-3-17-14-13(16)9(2)18-12(19-14)8-20-11-6-4-5-10(15)7-11/h4-7H,3,8H2,1-2H3,(H,17,18,19). The number of halogens is 2. The molecule has 106 valence electrons. The van der Waals surface area contributed by atoms with Crippen molar-refractivity contribution >= 4 is 49.4 Å². The first-order chi connectivity index (χ1) is 9.60. The third kappa shape index (κ3) is 4.20. The fourth-order valence-corrected chi connectivity index (χ4v) is 3.35. The van der Waals surface area contributed by atoms with Crippen LogP contribution in [0.1, 0.15) is 18.4 Å². The van der Waals surface area contributed by atoms with E-state index < -0.39 is 0 Å². The quantitative estimate of drug-likeness (QED) is 0.693. The van der Waals surface area contributed by atoms with Crippen LogP contribution in [0.2, 0.25) is 0 Å². The third-order valence-electron chi connectivity index (χ3n) is 2.57. The lowest BCUT2D eigenvalue weighted by Gasteiger charge is -2.10. The van der Waals surface area contributed by atoms with E-state index in [1.165, 1.54) is 4.90 Å². The van der Waals surface area contributed by atoms with Gasteiger partial charge in [-0.1, -0.05) is 22.0 Å². The van der Waals surface area contributed by atoms with Crippen LogP contribution in [0.4, 0.5) is 5.82 Å². The molecule has 0 spiro atoms. The van der Waals surface area contributed by atoms with Gasteiger partial charge in [-0.05, 0) is 48.0 Å². The molecule has 0 unspecified atom stereocenters. The molecule has 0 fully saturated rings. The molecule has 20 heavy (non-hydrogen) atoms. The van der Waals surface area contributed by atoms with Crippen molar-refractivity contribution in [2.75, 3.05) is 11.9 Å². The fraction of sp³-hybridized carbons (Fsp3) is 0.286. The lowest BCUT2D eigenvalue weighted by molar-refractivity contribution is 0.975. The fourth-order valence-electron chi connectivity index (χ4n) is 1.67. The summed E-state index contributed by atoms with van der Waals surface area (Å²) in [5, 5.41) is 3.25. The number of benzene rings is 1. The van der Waals surface area contributed by atoms with Crippen molar-refractivity contribution in [2.24, 2.45) is 0 Å². The summed E-state index contributed by atoms with van der Waals surface area (Å²) in [5.74, 6) is 2.46. The highest BCUT2D eigenvalue weighted by Crippen LogP contribution is 2.27. The van der Waals surface area contributed by atoms with E-state index in [1.54, 1.807) is 11.8 Å². The number of thioether (sulfide) groups is 1. The van der Waals surface area contributed by atoms with Crippen molar-refractivity contribution in [1.82, 2.24) is 9.97 Å². The Balaban J connectivity index is 2.13. The van der Waals surface area contributed by atoms with Crippen LogP contribution in [0.25, 0.3) is 0 Å². The second-order valence-corrected chi connectivity index (χ2v) is 6.92. The van der Waals surface area contributed by atoms with Crippen molar-refractivity contribution in [3.8, 4) is 0 Å². The van der Waals surface area contributed by atoms with E-state index in [1.807, 2.05) is 19.1 Å². The second kappa shape index (κ2) is 7.43. The van der Waals surface area contributed by atoms with Crippen LogP contribution in [-0.4, -0.2) is 16.5 Å². The minimum Gasteiger partial charge on any atom is -0.369 e. The summed E-state index contributed by atoms with van der Waals surface area (Å²) in [6, 6.07) is 8.24. The van der Waals surface area contributed by atoms with Crippen molar-refractivity contribution < 1.29 is 0 Å². The molecular weight excluding hydrogens is 402 g/mol. The SMILES string of the molecule is CCNc1nc(CSc2cccc(Br)c2)nc(C)c1Br. The highest BCUT2D eigenvalue weighted by atomic mass is 79.9. The number of hydrogen-bond donors (Lipinski definition) is 1. The molecule has 0 aliphatic rings. The number of hydrogen-bond acceptors (Lipinski definition) is 4. The van der Waals surface area contributed by atoms with Crippen molar-refractivity contribution in [3.63, 3.8) is 0 Å². The number of anilines is 1. The van der Waals surface area contributed by atoms with Gasteiger partial charge in [0.2, 0.25) is 0 Å². The Kier molecular flexibility index (Phi) is 5.86. The Morgan fingerprint density at radius 2 is 2.05 bits per heavy atom. The Morgan fingerprint density at radius 3 is 2.75 bits per heavy atom. The van der Waals surface area contributed by atoms with E-state index in [-0.39, 0.29) is 0 Å². The topological polar surface area (TPSA) is 37.8 Å². The first-order valence-electron chi connectivity index (χ1n) is 6.25. The molecule has 0 amide bonds. The summed E-state index contributed by atoms with van der Waals surface area (Å²) < 4.78 is 2.03. The maximum Gasteiger partial charge on any atom is 0.144 e. The Hall–Kier alpha value is -0.590. The second-order valence-electron chi connectivity index (χ2n) is 4.16. The van der Waals surface area contributed by atoms with Crippen LogP contribution < -0.4 is 5.32 Å². The zero-order valence-corrected chi connectivity index (χ0v) is 15.3. The van der Waals surface area contributed by atoms with Gasteiger partial charge in [0.05, 0.1) is 15.9 Å². The molecule has 0 radical (unpaired) electrons. The molecule has 1 aromatic carbocycles. The normalized spacial score (nSPS) is 10.6. The molecule has 2 aromatic rings. The average molecular weight is 417 g/mol. The van der Waals surface area contributed by atoms with Gasteiger partial charge in [-0.15, -0.1) is 11.8 Å². The molecule has 0 bridgehead atoms. The van der Waals surface area contributed by atoms with E-state index in [9.17, 15) is 0 Å². The molecular formula is C14H15Br2N3S. The predicted molar refractivity (Wildman–Crippen MR) is 92.3 cm³/mol. The van der Waals surface area contributed by atoms with Crippen LogP contribution in [0.5, 0.6) is 0 Å². The van der Waals surface area contributed by atoms with Gasteiger partial charge in [-0.2, -0.15) is 0 Å². The van der Waals surface area contributed by atoms with E-state index in [2.05, 4.69) is 66.2 Å². The molecule has 3 nitrogen and oxygen atoms in total. The van der Waals surface area contributed by atoms with Gasteiger partial charge in [0, 0.05) is 15.9 Å². The van der Waals surface area contributed by atoms with Crippen molar-refractivity contribution in [3.05, 3.63) is 44.7 Å². The first kappa shape index (κ1) is 15.8. The summed E-state index contributed by atoms with van der Waals surface area (Å²) in [4.78, 5) is 10.3. The molecule has 6 heteroatoms. The smallest absolute Gasteiger partial charge is 0.144 e. The van der Waals surface area contributed by atoms with Gasteiger partial charge in [0.1, 0.15) is 11.6 Å². The summed E-state index contributed by atoms with van der Waals surface area (Å²) in [6.07, 6.45) is 0. The minimum atomic E-state index is 0.753. The monoisotopic (exact) mass is 415 g/mol. The van der Waals surface area contributed by atoms with Gasteiger partial charge in [-0.25, -0.2) is 9.97 Å². The number of aromatic nitrogens is 2.